The quantitative estimate of drug-likeness (QED) is 0.808. The van der Waals surface area contributed by atoms with Gasteiger partial charge in [0.2, 0.25) is 11.9 Å². The van der Waals surface area contributed by atoms with Crippen molar-refractivity contribution in [3.05, 3.63) is 5.82 Å². The predicted octanol–water partition coefficient (Wildman–Crippen LogP) is -0.397. The Balaban J connectivity index is 1.88. The highest BCUT2D eigenvalue weighted by atomic mass is 16.5. The minimum Gasteiger partial charge on any atom is -0.394 e. The fourth-order valence-corrected chi connectivity index (χ4v) is 2.80. The standard InChI is InChI=1S/C14H23N5O3/c1-10-8-21-5-3-18(10)13-15-11(2)16-14(17-13)19-4-6-22-9-12(19)7-20/h10,12,20H,3-9H2,1-2H3/t10-,12-/m1/s1. The molecular weight excluding hydrogens is 286 g/mol. The van der Waals surface area contributed by atoms with Crippen LogP contribution in [0.1, 0.15) is 12.7 Å². The molecule has 0 spiro atoms. The van der Waals surface area contributed by atoms with Crippen LogP contribution >= 0.6 is 0 Å². The van der Waals surface area contributed by atoms with Gasteiger partial charge in [-0.3, -0.25) is 0 Å². The molecule has 8 heteroatoms. The summed E-state index contributed by atoms with van der Waals surface area (Å²) in [5.74, 6) is 1.98. The number of aliphatic hydroxyl groups excluding tert-OH is 1. The molecule has 0 unspecified atom stereocenters. The van der Waals surface area contributed by atoms with Crippen LogP contribution in [0.2, 0.25) is 0 Å². The van der Waals surface area contributed by atoms with Crippen molar-refractivity contribution < 1.29 is 14.6 Å². The number of hydrogen-bond donors (Lipinski definition) is 1. The topological polar surface area (TPSA) is 83.8 Å². The molecule has 0 aliphatic carbocycles. The molecule has 3 rings (SSSR count). The van der Waals surface area contributed by atoms with Gasteiger partial charge >= 0.3 is 0 Å². The average molecular weight is 309 g/mol. The second-order valence-corrected chi connectivity index (χ2v) is 5.70. The highest BCUT2D eigenvalue weighted by molar-refractivity contribution is 5.41. The molecule has 1 aromatic rings. The smallest absolute Gasteiger partial charge is 0.230 e. The Kier molecular flexibility index (Phi) is 4.70. The van der Waals surface area contributed by atoms with Gasteiger partial charge in [-0.05, 0) is 13.8 Å². The monoisotopic (exact) mass is 309 g/mol. The second kappa shape index (κ2) is 6.72. The van der Waals surface area contributed by atoms with Crippen molar-refractivity contribution in [3.63, 3.8) is 0 Å². The molecule has 0 aromatic carbocycles. The van der Waals surface area contributed by atoms with Crippen LogP contribution in [0.3, 0.4) is 0 Å². The number of morpholine rings is 2. The van der Waals surface area contributed by atoms with Crippen molar-refractivity contribution in [2.75, 3.05) is 55.9 Å². The van der Waals surface area contributed by atoms with E-state index in [2.05, 4.69) is 26.8 Å². The first-order chi connectivity index (χ1) is 10.7. The highest BCUT2D eigenvalue weighted by Gasteiger charge is 2.27. The molecule has 1 aromatic heterocycles. The molecule has 8 nitrogen and oxygen atoms in total. The lowest BCUT2D eigenvalue weighted by atomic mass is 10.2. The lowest BCUT2D eigenvalue weighted by Gasteiger charge is -2.36. The van der Waals surface area contributed by atoms with E-state index >= 15 is 0 Å². The first kappa shape index (κ1) is 15.4. The normalized spacial score (nSPS) is 26.3. The van der Waals surface area contributed by atoms with Crippen molar-refractivity contribution in [1.82, 2.24) is 15.0 Å². The Morgan fingerprint density at radius 1 is 1.05 bits per heavy atom. The van der Waals surface area contributed by atoms with Crippen LogP contribution in [0.25, 0.3) is 0 Å². The Labute approximate surface area is 130 Å². The van der Waals surface area contributed by atoms with E-state index < -0.39 is 0 Å². The van der Waals surface area contributed by atoms with Gasteiger partial charge in [0.15, 0.2) is 0 Å². The largest absolute Gasteiger partial charge is 0.394 e. The van der Waals surface area contributed by atoms with E-state index in [0.29, 0.717) is 50.7 Å². The molecule has 2 atom stereocenters. The zero-order valence-electron chi connectivity index (χ0n) is 13.1. The van der Waals surface area contributed by atoms with E-state index in [0.717, 1.165) is 6.54 Å². The van der Waals surface area contributed by atoms with Crippen LogP contribution in [0, 0.1) is 6.92 Å². The van der Waals surface area contributed by atoms with Gasteiger partial charge in [0.05, 0.1) is 45.1 Å². The predicted molar refractivity (Wildman–Crippen MR) is 81.2 cm³/mol. The second-order valence-electron chi connectivity index (χ2n) is 5.70. The van der Waals surface area contributed by atoms with Crippen LogP contribution in [-0.4, -0.2) is 78.3 Å². The molecule has 122 valence electrons. The van der Waals surface area contributed by atoms with Gasteiger partial charge in [0.25, 0.3) is 0 Å². The molecule has 2 aliphatic rings. The molecule has 2 fully saturated rings. The molecule has 2 saturated heterocycles. The van der Waals surface area contributed by atoms with Crippen molar-refractivity contribution >= 4 is 11.9 Å². The molecule has 0 saturated carbocycles. The Bertz CT molecular complexity index is 515. The molecular formula is C14H23N5O3. The fourth-order valence-electron chi connectivity index (χ4n) is 2.80. The summed E-state index contributed by atoms with van der Waals surface area (Å²) in [7, 11) is 0. The summed E-state index contributed by atoms with van der Waals surface area (Å²) < 4.78 is 10.9. The molecule has 2 aliphatic heterocycles. The fraction of sp³-hybridized carbons (Fsp3) is 0.786. The van der Waals surface area contributed by atoms with E-state index in [9.17, 15) is 5.11 Å². The third-order valence-electron chi connectivity index (χ3n) is 4.04. The number of hydrogen-bond acceptors (Lipinski definition) is 8. The molecule has 3 heterocycles. The van der Waals surface area contributed by atoms with Crippen molar-refractivity contribution in [1.29, 1.82) is 0 Å². The maximum Gasteiger partial charge on any atom is 0.230 e. The lowest BCUT2D eigenvalue weighted by molar-refractivity contribution is 0.0717. The van der Waals surface area contributed by atoms with Crippen LogP contribution in [0.4, 0.5) is 11.9 Å². The summed E-state index contributed by atoms with van der Waals surface area (Å²) in [6, 6.07) is 0.132. The Morgan fingerprint density at radius 2 is 1.68 bits per heavy atom. The summed E-state index contributed by atoms with van der Waals surface area (Å²) >= 11 is 0. The molecule has 0 bridgehead atoms. The van der Waals surface area contributed by atoms with E-state index in [1.54, 1.807) is 0 Å². The summed E-state index contributed by atoms with van der Waals surface area (Å²) in [6.45, 7) is 7.90. The summed E-state index contributed by atoms with van der Waals surface area (Å²) in [5.41, 5.74) is 0. The number of ether oxygens (including phenoxy) is 2. The molecule has 0 amide bonds. The maximum atomic E-state index is 9.53. The number of aryl methyl sites for hydroxylation is 1. The minimum absolute atomic E-state index is 0.0218. The Hall–Kier alpha value is -1.51. The number of nitrogens with zero attached hydrogens (tertiary/aromatic N) is 5. The van der Waals surface area contributed by atoms with Gasteiger partial charge in [0.1, 0.15) is 5.82 Å². The number of aromatic nitrogens is 3. The van der Waals surface area contributed by atoms with Crippen LogP contribution < -0.4 is 9.80 Å². The SMILES string of the molecule is Cc1nc(N2CCOC[C@H]2CO)nc(N2CCOC[C@H]2C)n1. The number of anilines is 2. The van der Waals surface area contributed by atoms with Crippen molar-refractivity contribution in [2.45, 2.75) is 25.9 Å². The third-order valence-corrected chi connectivity index (χ3v) is 4.04. The van der Waals surface area contributed by atoms with E-state index in [1.165, 1.54) is 0 Å². The highest BCUT2D eigenvalue weighted by Crippen LogP contribution is 2.20. The molecule has 0 radical (unpaired) electrons. The number of rotatable bonds is 3. The van der Waals surface area contributed by atoms with Gasteiger partial charge in [-0.25, -0.2) is 0 Å². The van der Waals surface area contributed by atoms with E-state index in [4.69, 9.17) is 9.47 Å². The lowest BCUT2D eigenvalue weighted by Crippen LogP contribution is -2.49. The Morgan fingerprint density at radius 3 is 2.36 bits per heavy atom. The van der Waals surface area contributed by atoms with Gasteiger partial charge in [-0.1, -0.05) is 0 Å². The summed E-state index contributed by atoms with van der Waals surface area (Å²) in [4.78, 5) is 17.7. The van der Waals surface area contributed by atoms with Crippen LogP contribution in [0.5, 0.6) is 0 Å². The zero-order chi connectivity index (χ0) is 15.5. The van der Waals surface area contributed by atoms with Crippen molar-refractivity contribution in [3.8, 4) is 0 Å². The molecule has 22 heavy (non-hydrogen) atoms. The van der Waals surface area contributed by atoms with Crippen molar-refractivity contribution in [2.24, 2.45) is 0 Å². The van der Waals surface area contributed by atoms with Gasteiger partial charge in [0, 0.05) is 13.1 Å². The van der Waals surface area contributed by atoms with E-state index in [1.807, 2.05) is 11.8 Å². The van der Waals surface area contributed by atoms with Gasteiger partial charge < -0.3 is 24.4 Å². The average Bonchev–Trinajstić information content (AvgIpc) is 2.54. The number of aliphatic hydroxyl groups is 1. The summed E-state index contributed by atoms with van der Waals surface area (Å²) in [5, 5.41) is 9.53. The van der Waals surface area contributed by atoms with Crippen LogP contribution in [-0.2, 0) is 9.47 Å². The zero-order valence-corrected chi connectivity index (χ0v) is 13.1. The van der Waals surface area contributed by atoms with Gasteiger partial charge in [-0.2, -0.15) is 15.0 Å². The first-order valence-corrected chi connectivity index (χ1v) is 7.71. The maximum absolute atomic E-state index is 9.53. The molecule has 1 N–H and O–H groups in total. The first-order valence-electron chi connectivity index (χ1n) is 7.71. The van der Waals surface area contributed by atoms with E-state index in [-0.39, 0.29) is 18.7 Å². The summed E-state index contributed by atoms with van der Waals surface area (Å²) in [6.07, 6.45) is 0. The third kappa shape index (κ3) is 3.13. The van der Waals surface area contributed by atoms with Gasteiger partial charge in [-0.15, -0.1) is 0 Å². The minimum atomic E-state index is -0.106. The van der Waals surface area contributed by atoms with Crippen LogP contribution in [0.15, 0.2) is 0 Å².